The molecule has 0 heterocycles. The lowest BCUT2D eigenvalue weighted by molar-refractivity contribution is 0.549. The minimum Gasteiger partial charge on any atom is -0.0625 e. The van der Waals surface area contributed by atoms with Gasteiger partial charge in [-0.3, -0.25) is 0 Å². The minimum atomic E-state index is 0.548. The highest BCUT2D eigenvalue weighted by atomic mass is 14.4. The van der Waals surface area contributed by atoms with E-state index in [1.165, 1.54) is 106 Å². The summed E-state index contributed by atoms with van der Waals surface area (Å²) in [6, 6.07) is 55.0. The molecule has 0 aliphatic heterocycles. The van der Waals surface area contributed by atoms with E-state index in [1.54, 1.807) is 5.57 Å². The van der Waals surface area contributed by atoms with Gasteiger partial charge in [-0.05, 0) is 166 Å². The third kappa shape index (κ3) is 11.3. The van der Waals surface area contributed by atoms with Crippen molar-refractivity contribution in [3.05, 3.63) is 251 Å². The molecule has 8 aromatic carbocycles. The quantitative estimate of drug-likeness (QED) is 0.133. The molecular formula is C70H72. The van der Waals surface area contributed by atoms with E-state index in [-0.39, 0.29) is 0 Å². The molecule has 0 nitrogen and oxygen atoms in total. The Bertz CT molecular complexity index is 3330. The van der Waals surface area contributed by atoms with E-state index >= 15 is 0 Å². The molecule has 2 unspecified atom stereocenters. The van der Waals surface area contributed by atoms with E-state index in [2.05, 4.69) is 262 Å². The lowest BCUT2D eigenvalue weighted by Gasteiger charge is -2.40. The maximum Gasteiger partial charge on any atom is 0.0201 e. The second kappa shape index (κ2) is 21.9. The molecule has 0 bridgehead atoms. The zero-order valence-corrected chi connectivity index (χ0v) is 42.9. The summed E-state index contributed by atoms with van der Waals surface area (Å²) >= 11 is 0. The molecule has 0 amide bonds. The number of fused-ring (bicyclic) bond motifs is 5. The van der Waals surface area contributed by atoms with Crippen molar-refractivity contribution in [1.29, 1.82) is 0 Å². The molecule has 70 heavy (non-hydrogen) atoms. The summed E-state index contributed by atoms with van der Waals surface area (Å²) in [5, 5.41) is 13.5. The molecule has 0 heteroatoms. The summed E-state index contributed by atoms with van der Waals surface area (Å²) in [5.74, 6) is 3.93. The SMILES string of the molecule is CC(C)CC1=C2C=CC3=CC=CC4=CC=C(C=C1)C2C34.CC(C)Cc1c2ccccc2cc2ccccc12.CC(C)Cc1ccc2cc3ccccc3cc2c1.CC(C)Cc1ccc2ccccc2c1. The zero-order valence-electron chi connectivity index (χ0n) is 42.9. The van der Waals surface area contributed by atoms with Crippen LogP contribution in [0, 0.1) is 35.5 Å². The second-order valence-corrected chi connectivity index (χ2v) is 21.7. The van der Waals surface area contributed by atoms with Crippen molar-refractivity contribution in [3.63, 3.8) is 0 Å². The van der Waals surface area contributed by atoms with Crippen LogP contribution >= 0.6 is 0 Å². The van der Waals surface area contributed by atoms with Crippen LogP contribution in [0.5, 0.6) is 0 Å². The van der Waals surface area contributed by atoms with E-state index < -0.39 is 0 Å². The number of benzene rings is 8. The van der Waals surface area contributed by atoms with Gasteiger partial charge in [-0.15, -0.1) is 0 Å². The Hall–Kier alpha value is -6.76. The summed E-state index contributed by atoms with van der Waals surface area (Å²) in [7, 11) is 0. The Kier molecular flexibility index (Phi) is 15.1. The Balaban J connectivity index is 0.000000117. The van der Waals surface area contributed by atoms with Gasteiger partial charge in [0.05, 0.1) is 0 Å². The summed E-state index contributed by atoms with van der Waals surface area (Å²) in [5.41, 5.74) is 11.9. The number of hydrogen-bond donors (Lipinski definition) is 0. The van der Waals surface area contributed by atoms with Gasteiger partial charge in [0.25, 0.3) is 0 Å². The van der Waals surface area contributed by atoms with Gasteiger partial charge in [0.15, 0.2) is 0 Å². The van der Waals surface area contributed by atoms with Crippen molar-refractivity contribution < 1.29 is 0 Å². The maximum atomic E-state index is 2.37. The largest absolute Gasteiger partial charge is 0.0625 e. The Morgan fingerprint density at radius 1 is 0.329 bits per heavy atom. The molecule has 12 rings (SSSR count). The van der Waals surface area contributed by atoms with E-state index in [1.807, 2.05) is 0 Å². The zero-order chi connectivity index (χ0) is 48.7. The smallest absolute Gasteiger partial charge is 0.0201 e. The minimum absolute atomic E-state index is 0.548. The van der Waals surface area contributed by atoms with Crippen molar-refractivity contribution in [3.8, 4) is 0 Å². The van der Waals surface area contributed by atoms with Gasteiger partial charge in [-0.1, -0.05) is 244 Å². The van der Waals surface area contributed by atoms with Gasteiger partial charge in [-0.2, -0.15) is 0 Å². The molecule has 0 spiro atoms. The summed E-state index contributed by atoms with van der Waals surface area (Å²) in [6.07, 6.45) is 25.4. The van der Waals surface area contributed by atoms with Gasteiger partial charge in [0.1, 0.15) is 0 Å². The highest BCUT2D eigenvalue weighted by Gasteiger charge is 2.38. The summed E-state index contributed by atoms with van der Waals surface area (Å²) < 4.78 is 0. The third-order valence-electron chi connectivity index (χ3n) is 14.1. The molecule has 4 aliphatic rings. The highest BCUT2D eigenvalue weighted by molar-refractivity contribution is 6.02. The first kappa shape index (κ1) is 48.3. The predicted molar refractivity (Wildman–Crippen MR) is 308 cm³/mol. The number of hydrogen-bond acceptors (Lipinski definition) is 0. The van der Waals surface area contributed by atoms with Crippen LogP contribution in [0.25, 0.3) is 53.9 Å². The monoisotopic (exact) mass is 913 g/mol. The van der Waals surface area contributed by atoms with Crippen molar-refractivity contribution in [2.24, 2.45) is 35.5 Å². The molecule has 0 aromatic heterocycles. The Morgan fingerprint density at radius 3 is 1.34 bits per heavy atom. The van der Waals surface area contributed by atoms with Crippen LogP contribution in [-0.2, 0) is 19.3 Å². The molecule has 0 saturated heterocycles. The molecule has 0 radical (unpaired) electrons. The van der Waals surface area contributed by atoms with E-state index in [0.29, 0.717) is 29.6 Å². The van der Waals surface area contributed by atoms with Crippen LogP contribution < -0.4 is 0 Å². The first-order chi connectivity index (χ1) is 34.0. The van der Waals surface area contributed by atoms with E-state index in [0.717, 1.165) is 18.8 Å². The average molecular weight is 913 g/mol. The molecule has 2 atom stereocenters. The first-order valence-electron chi connectivity index (χ1n) is 26.1. The lowest BCUT2D eigenvalue weighted by Crippen LogP contribution is -2.29. The molecule has 0 N–H and O–H groups in total. The number of allylic oxidation sites excluding steroid dienone is 14. The van der Waals surface area contributed by atoms with Gasteiger partial charge in [0, 0.05) is 11.8 Å². The van der Waals surface area contributed by atoms with Crippen LogP contribution in [-0.4, -0.2) is 0 Å². The average Bonchev–Trinajstić information content (AvgIpc) is 3.35. The van der Waals surface area contributed by atoms with Crippen LogP contribution in [0.15, 0.2) is 234 Å². The molecule has 0 saturated carbocycles. The van der Waals surface area contributed by atoms with Crippen LogP contribution in [0.4, 0.5) is 0 Å². The van der Waals surface area contributed by atoms with Gasteiger partial charge < -0.3 is 0 Å². The van der Waals surface area contributed by atoms with Crippen molar-refractivity contribution in [1.82, 2.24) is 0 Å². The molecule has 8 aromatic rings. The van der Waals surface area contributed by atoms with Crippen molar-refractivity contribution in [2.75, 3.05) is 0 Å². The van der Waals surface area contributed by atoms with Crippen LogP contribution in [0.3, 0.4) is 0 Å². The fourth-order valence-electron chi connectivity index (χ4n) is 11.1. The normalized spacial score (nSPS) is 16.5. The van der Waals surface area contributed by atoms with E-state index in [4.69, 9.17) is 0 Å². The standard InChI is InChI=1S/C20H20.2C18H18.C14H16/c1-13(2)12-17-9-8-16-7-6-14-4-3-5-15-10-11-18(17)20(16)19(14)15;1-13(2)11-18-16-9-5-3-7-14(16)12-15-8-4-6-10-17(15)18;1-13(2)9-14-7-8-17-11-15-5-3-4-6-16(15)12-18(17)10-14;1-11(2)9-12-7-8-13-5-3-4-6-14(13)10-12/h3-11,13,19-20H,12H2,1-2H3;3-10,12-13H,11H2,1-2H3;3-8,10-13H,9H2,1-2H3;3-8,10-11H,9H2,1-2H3. The molecule has 4 aliphatic carbocycles. The van der Waals surface area contributed by atoms with Gasteiger partial charge in [-0.25, -0.2) is 0 Å². The van der Waals surface area contributed by atoms with Crippen LogP contribution in [0.1, 0.15) is 78.5 Å². The molecule has 0 fully saturated rings. The lowest BCUT2D eigenvalue weighted by atomic mass is 9.63. The topological polar surface area (TPSA) is 0 Å². The third-order valence-corrected chi connectivity index (χ3v) is 14.1. The fourth-order valence-corrected chi connectivity index (χ4v) is 11.1. The first-order valence-corrected chi connectivity index (χ1v) is 26.1. The highest BCUT2D eigenvalue weighted by Crippen LogP contribution is 2.50. The number of rotatable bonds is 8. The summed E-state index contributed by atoms with van der Waals surface area (Å²) in [6.45, 7) is 18.2. The molecule has 352 valence electrons. The second-order valence-electron chi connectivity index (χ2n) is 21.7. The van der Waals surface area contributed by atoms with E-state index in [9.17, 15) is 0 Å². The van der Waals surface area contributed by atoms with Crippen molar-refractivity contribution in [2.45, 2.75) is 81.1 Å². The van der Waals surface area contributed by atoms with Gasteiger partial charge in [0.2, 0.25) is 0 Å². The summed E-state index contributed by atoms with van der Waals surface area (Å²) in [4.78, 5) is 0. The Labute approximate surface area is 419 Å². The maximum absolute atomic E-state index is 2.37. The van der Waals surface area contributed by atoms with Gasteiger partial charge >= 0.3 is 0 Å². The predicted octanol–water partition coefficient (Wildman–Crippen LogP) is 19.5. The Morgan fingerprint density at radius 2 is 0.757 bits per heavy atom. The molecular weight excluding hydrogens is 841 g/mol. The van der Waals surface area contributed by atoms with Crippen LogP contribution in [0.2, 0.25) is 0 Å². The van der Waals surface area contributed by atoms with Crippen molar-refractivity contribution >= 4 is 53.9 Å². The fraction of sp³-hybridized carbons (Fsp3) is 0.257.